The number of aliphatic hydroxyl groups excluding tert-OH is 2. The van der Waals surface area contributed by atoms with E-state index in [1.165, 1.54) is 5.57 Å². The number of aliphatic carboxylic acids is 1. The van der Waals surface area contributed by atoms with Crippen LogP contribution in [0.4, 0.5) is 0 Å². The maximum Gasteiger partial charge on any atom is 0.303 e. The summed E-state index contributed by atoms with van der Waals surface area (Å²) in [6.45, 7) is 3.79. The monoisotopic (exact) mass is 360 g/mol. The third-order valence-corrected chi connectivity index (χ3v) is 5.85. The predicted molar refractivity (Wildman–Crippen MR) is 102 cm³/mol. The van der Waals surface area contributed by atoms with Crippen molar-refractivity contribution in [2.24, 2.45) is 23.7 Å². The molecule has 0 spiro atoms. The Kier molecular flexibility index (Phi) is 7.93. The van der Waals surface area contributed by atoms with Crippen molar-refractivity contribution in [3.63, 3.8) is 0 Å². The van der Waals surface area contributed by atoms with E-state index in [1.54, 1.807) is 6.92 Å². The highest BCUT2D eigenvalue weighted by Crippen LogP contribution is 2.50. The van der Waals surface area contributed by atoms with Gasteiger partial charge in [0.2, 0.25) is 0 Å². The first-order chi connectivity index (χ1) is 12.4. The van der Waals surface area contributed by atoms with E-state index < -0.39 is 12.1 Å². The van der Waals surface area contributed by atoms with E-state index in [0.717, 1.165) is 25.7 Å². The Morgan fingerprint density at radius 1 is 1.38 bits per heavy atom. The van der Waals surface area contributed by atoms with Crippen LogP contribution in [0.2, 0.25) is 0 Å². The van der Waals surface area contributed by atoms with Crippen molar-refractivity contribution in [3.8, 4) is 11.8 Å². The summed E-state index contributed by atoms with van der Waals surface area (Å²) in [6.07, 6.45) is 10.4. The zero-order chi connectivity index (χ0) is 19.1. The van der Waals surface area contributed by atoms with E-state index in [9.17, 15) is 15.0 Å². The predicted octanol–water partition coefficient (Wildman–Crippen LogP) is 3.54. The van der Waals surface area contributed by atoms with Crippen molar-refractivity contribution in [2.45, 2.75) is 71.0 Å². The highest BCUT2D eigenvalue weighted by molar-refractivity contribution is 5.66. The SMILES string of the molecule is CC#CCC(C)[C@@H](O)/C=C/C1C(O)C[C@H]2C/C(=C/CCCC(=O)O)C[C@@H]12. The molecule has 0 saturated heterocycles. The fourth-order valence-electron chi connectivity index (χ4n) is 4.31. The Morgan fingerprint density at radius 2 is 2.15 bits per heavy atom. The molecule has 26 heavy (non-hydrogen) atoms. The first-order valence-corrected chi connectivity index (χ1v) is 9.76. The van der Waals surface area contributed by atoms with Gasteiger partial charge in [-0.25, -0.2) is 0 Å². The normalized spacial score (nSPS) is 31.6. The van der Waals surface area contributed by atoms with Crippen LogP contribution in [0.5, 0.6) is 0 Å². The molecule has 2 aliphatic carbocycles. The number of aliphatic hydroxyl groups is 2. The average molecular weight is 360 g/mol. The second kappa shape index (κ2) is 9.94. The largest absolute Gasteiger partial charge is 0.481 e. The standard InChI is InChI=1S/C22H32O4/c1-3-4-7-15(2)20(23)11-10-18-19-13-16(8-5-6-9-22(25)26)12-17(19)14-21(18)24/h8,10-11,15,17-21,23-24H,5-7,9,12-14H2,1-2H3,(H,25,26)/b11-10+,16-8-/t15?,17-,18?,19-,20+,21?/m1/s1. The molecule has 0 aromatic carbocycles. The van der Waals surface area contributed by atoms with Crippen LogP contribution in [-0.4, -0.2) is 33.5 Å². The van der Waals surface area contributed by atoms with Gasteiger partial charge in [0, 0.05) is 18.8 Å². The van der Waals surface area contributed by atoms with Crippen LogP contribution < -0.4 is 0 Å². The molecule has 0 aromatic rings. The summed E-state index contributed by atoms with van der Waals surface area (Å²) in [5.74, 6) is 6.25. The van der Waals surface area contributed by atoms with Gasteiger partial charge in [0.15, 0.2) is 0 Å². The Bertz CT molecular complexity index is 595. The van der Waals surface area contributed by atoms with Gasteiger partial charge in [-0.05, 0) is 56.8 Å². The van der Waals surface area contributed by atoms with Crippen molar-refractivity contribution in [3.05, 3.63) is 23.8 Å². The lowest BCUT2D eigenvalue weighted by atomic mass is 9.89. The second-order valence-electron chi connectivity index (χ2n) is 7.84. The number of carboxylic acids is 1. The molecule has 2 rings (SSSR count). The minimum Gasteiger partial charge on any atom is -0.481 e. The van der Waals surface area contributed by atoms with Crippen LogP contribution in [0.1, 0.15) is 58.8 Å². The number of carbonyl (C=O) groups is 1. The molecule has 3 N–H and O–H groups in total. The Morgan fingerprint density at radius 3 is 2.85 bits per heavy atom. The molecule has 3 unspecified atom stereocenters. The average Bonchev–Trinajstić information content (AvgIpc) is 3.10. The summed E-state index contributed by atoms with van der Waals surface area (Å²) in [6, 6.07) is 0. The smallest absolute Gasteiger partial charge is 0.303 e. The van der Waals surface area contributed by atoms with Gasteiger partial charge in [-0.15, -0.1) is 11.8 Å². The minimum absolute atomic E-state index is 0.0845. The zero-order valence-electron chi connectivity index (χ0n) is 15.9. The molecule has 0 aromatic heterocycles. The molecule has 4 nitrogen and oxygen atoms in total. The molecule has 4 heteroatoms. The molecule has 144 valence electrons. The van der Waals surface area contributed by atoms with E-state index in [4.69, 9.17) is 5.11 Å². The van der Waals surface area contributed by atoms with Crippen LogP contribution in [0.3, 0.4) is 0 Å². The molecule has 0 aliphatic heterocycles. The third-order valence-electron chi connectivity index (χ3n) is 5.85. The van der Waals surface area contributed by atoms with Crippen LogP contribution in [-0.2, 0) is 4.79 Å². The lowest BCUT2D eigenvalue weighted by Crippen LogP contribution is -2.19. The Hall–Kier alpha value is -1.57. The number of allylic oxidation sites excluding steroid dienone is 2. The number of fused-ring (bicyclic) bond motifs is 1. The third kappa shape index (κ3) is 5.72. The molecular formula is C22H32O4. The zero-order valence-corrected chi connectivity index (χ0v) is 15.9. The van der Waals surface area contributed by atoms with E-state index in [1.807, 2.05) is 19.1 Å². The topological polar surface area (TPSA) is 77.8 Å². The van der Waals surface area contributed by atoms with Gasteiger partial charge in [0.1, 0.15) is 0 Å². The van der Waals surface area contributed by atoms with Gasteiger partial charge in [0.05, 0.1) is 12.2 Å². The van der Waals surface area contributed by atoms with Gasteiger partial charge in [-0.2, -0.15) is 0 Å². The molecule has 6 atom stereocenters. The summed E-state index contributed by atoms with van der Waals surface area (Å²) in [4.78, 5) is 10.6. The summed E-state index contributed by atoms with van der Waals surface area (Å²) in [5, 5.41) is 29.4. The summed E-state index contributed by atoms with van der Waals surface area (Å²) in [7, 11) is 0. The molecule has 2 saturated carbocycles. The molecule has 0 amide bonds. The number of unbranched alkanes of at least 4 members (excludes halogenated alkanes) is 1. The fourth-order valence-corrected chi connectivity index (χ4v) is 4.31. The van der Waals surface area contributed by atoms with Crippen molar-refractivity contribution in [1.82, 2.24) is 0 Å². The maximum atomic E-state index is 10.6. The van der Waals surface area contributed by atoms with Gasteiger partial charge in [-0.1, -0.05) is 30.7 Å². The maximum absolute atomic E-state index is 10.6. The fraction of sp³-hybridized carbons (Fsp3) is 0.682. The minimum atomic E-state index is -0.738. The van der Waals surface area contributed by atoms with E-state index >= 15 is 0 Å². The molecule has 0 heterocycles. The van der Waals surface area contributed by atoms with Crippen molar-refractivity contribution in [1.29, 1.82) is 0 Å². The van der Waals surface area contributed by atoms with E-state index in [-0.39, 0.29) is 24.4 Å². The summed E-state index contributed by atoms with van der Waals surface area (Å²) < 4.78 is 0. The summed E-state index contributed by atoms with van der Waals surface area (Å²) >= 11 is 0. The Balaban J connectivity index is 1.89. The lowest BCUT2D eigenvalue weighted by molar-refractivity contribution is -0.137. The first kappa shape index (κ1) is 20.7. The molecule has 0 radical (unpaired) electrons. The number of hydrogen-bond acceptors (Lipinski definition) is 3. The van der Waals surface area contributed by atoms with Gasteiger partial charge >= 0.3 is 5.97 Å². The van der Waals surface area contributed by atoms with Crippen molar-refractivity contribution >= 4 is 5.97 Å². The van der Waals surface area contributed by atoms with Crippen LogP contribution in [0.25, 0.3) is 0 Å². The van der Waals surface area contributed by atoms with E-state index in [2.05, 4.69) is 17.9 Å². The van der Waals surface area contributed by atoms with Crippen LogP contribution in [0.15, 0.2) is 23.8 Å². The molecule has 0 bridgehead atoms. The van der Waals surface area contributed by atoms with Gasteiger partial charge < -0.3 is 15.3 Å². The lowest BCUT2D eigenvalue weighted by Gasteiger charge is -2.19. The molecule has 2 fully saturated rings. The second-order valence-corrected chi connectivity index (χ2v) is 7.84. The van der Waals surface area contributed by atoms with Gasteiger partial charge in [-0.3, -0.25) is 4.79 Å². The van der Waals surface area contributed by atoms with E-state index in [0.29, 0.717) is 24.7 Å². The number of rotatable bonds is 8. The molecule has 2 aliphatic rings. The van der Waals surface area contributed by atoms with Crippen molar-refractivity contribution in [2.75, 3.05) is 0 Å². The Labute approximate surface area is 157 Å². The highest BCUT2D eigenvalue weighted by atomic mass is 16.4. The van der Waals surface area contributed by atoms with Crippen LogP contribution >= 0.6 is 0 Å². The number of hydrogen-bond donors (Lipinski definition) is 3. The quantitative estimate of drug-likeness (QED) is 0.351. The first-order valence-electron chi connectivity index (χ1n) is 9.76. The van der Waals surface area contributed by atoms with Crippen molar-refractivity contribution < 1.29 is 20.1 Å². The number of carboxylic acid groups (broad SMARTS) is 1. The van der Waals surface area contributed by atoms with Crippen LogP contribution in [0, 0.1) is 35.5 Å². The highest BCUT2D eigenvalue weighted by Gasteiger charge is 2.44. The molecular weight excluding hydrogens is 328 g/mol. The summed E-state index contributed by atoms with van der Waals surface area (Å²) in [5.41, 5.74) is 1.41. The van der Waals surface area contributed by atoms with Gasteiger partial charge in [0.25, 0.3) is 0 Å².